The maximum absolute atomic E-state index is 12.7. The zero-order valence-electron chi connectivity index (χ0n) is 17.9. The predicted octanol–water partition coefficient (Wildman–Crippen LogP) is -2.72. The van der Waals surface area contributed by atoms with Crippen molar-refractivity contribution in [2.24, 2.45) is 11.5 Å². The van der Waals surface area contributed by atoms with Crippen LogP contribution in [-0.4, -0.2) is 75.8 Å². The fourth-order valence-corrected chi connectivity index (χ4v) is 2.91. The molecule has 13 heteroatoms. The Morgan fingerprint density at radius 1 is 0.970 bits per heavy atom. The number of aliphatic carboxylic acids is 1. The van der Waals surface area contributed by atoms with Crippen molar-refractivity contribution >= 4 is 42.2 Å². The van der Waals surface area contributed by atoms with Gasteiger partial charge in [0.05, 0.1) is 18.6 Å². The van der Waals surface area contributed by atoms with Crippen LogP contribution in [0.25, 0.3) is 0 Å². The highest BCUT2D eigenvalue weighted by Crippen LogP contribution is 2.05. The number of hydrogen-bond donors (Lipinski definition) is 8. The normalized spacial score (nSPS) is 15.3. The summed E-state index contributed by atoms with van der Waals surface area (Å²) in [6.45, 7) is 1.20. The first-order valence-electron chi connectivity index (χ1n) is 9.96. The lowest BCUT2D eigenvalue weighted by atomic mass is 10.0. The van der Waals surface area contributed by atoms with Gasteiger partial charge >= 0.3 is 5.97 Å². The van der Waals surface area contributed by atoms with Gasteiger partial charge in [-0.1, -0.05) is 30.3 Å². The average Bonchev–Trinajstić information content (AvgIpc) is 2.75. The maximum Gasteiger partial charge on any atom is 0.326 e. The van der Waals surface area contributed by atoms with E-state index >= 15 is 0 Å². The molecule has 1 aromatic rings. The van der Waals surface area contributed by atoms with E-state index in [0.717, 1.165) is 0 Å². The summed E-state index contributed by atoms with van der Waals surface area (Å²) < 4.78 is 0. The molecule has 182 valence electrons. The molecule has 0 aliphatic heterocycles. The molecule has 12 nitrogen and oxygen atoms in total. The van der Waals surface area contributed by atoms with Gasteiger partial charge in [-0.3, -0.25) is 19.2 Å². The van der Waals surface area contributed by atoms with E-state index in [9.17, 15) is 34.2 Å². The van der Waals surface area contributed by atoms with Gasteiger partial charge in [-0.15, -0.1) is 0 Å². The highest BCUT2D eigenvalue weighted by molar-refractivity contribution is 7.80. The number of aliphatic hydroxyl groups excluding tert-OH is 1. The molecule has 0 aliphatic rings. The summed E-state index contributed by atoms with van der Waals surface area (Å²) >= 11 is 3.88. The van der Waals surface area contributed by atoms with Crippen molar-refractivity contribution < 1.29 is 34.2 Å². The fraction of sp³-hybridized carbons (Fsp3) is 0.450. The summed E-state index contributed by atoms with van der Waals surface area (Å²) in [6, 6.07) is 3.07. The third-order valence-corrected chi connectivity index (χ3v) is 4.93. The average molecular weight is 484 g/mol. The van der Waals surface area contributed by atoms with E-state index in [2.05, 4.69) is 28.6 Å². The Hall–Kier alpha value is -3.16. The molecular formula is C20H29N5O7S. The summed E-state index contributed by atoms with van der Waals surface area (Å²) in [4.78, 5) is 60.3. The van der Waals surface area contributed by atoms with E-state index in [1.54, 1.807) is 30.3 Å². The highest BCUT2D eigenvalue weighted by Gasteiger charge is 2.33. The van der Waals surface area contributed by atoms with Crippen molar-refractivity contribution in [1.29, 1.82) is 0 Å². The molecule has 5 atom stereocenters. The Labute approximate surface area is 195 Å². The van der Waals surface area contributed by atoms with Gasteiger partial charge in [-0.2, -0.15) is 12.6 Å². The molecular weight excluding hydrogens is 454 g/mol. The van der Waals surface area contributed by atoms with E-state index < -0.39 is 66.3 Å². The molecule has 0 spiro atoms. The van der Waals surface area contributed by atoms with Gasteiger partial charge in [0.1, 0.15) is 18.1 Å². The van der Waals surface area contributed by atoms with Gasteiger partial charge in [0, 0.05) is 12.2 Å². The number of benzene rings is 1. The monoisotopic (exact) mass is 483 g/mol. The first-order valence-corrected chi connectivity index (χ1v) is 10.6. The second-order valence-electron chi connectivity index (χ2n) is 7.34. The molecule has 0 saturated carbocycles. The Morgan fingerprint density at radius 2 is 1.55 bits per heavy atom. The summed E-state index contributed by atoms with van der Waals surface area (Å²) in [6.07, 6.45) is -2.08. The molecule has 1 aromatic carbocycles. The molecule has 0 heterocycles. The molecule has 1 rings (SSSR count). The molecule has 33 heavy (non-hydrogen) atoms. The molecule has 4 amide bonds. The number of primary amides is 1. The van der Waals surface area contributed by atoms with Gasteiger partial charge in [0.25, 0.3) is 0 Å². The largest absolute Gasteiger partial charge is 0.480 e. The number of carbonyl (C=O) groups is 5. The maximum atomic E-state index is 12.7. The van der Waals surface area contributed by atoms with E-state index in [-0.39, 0.29) is 12.2 Å². The molecule has 9 N–H and O–H groups in total. The zero-order valence-corrected chi connectivity index (χ0v) is 18.8. The van der Waals surface area contributed by atoms with Crippen molar-refractivity contribution in [3.63, 3.8) is 0 Å². The number of thiol groups is 1. The summed E-state index contributed by atoms with van der Waals surface area (Å²) in [7, 11) is 0. The van der Waals surface area contributed by atoms with Gasteiger partial charge < -0.3 is 37.6 Å². The fourth-order valence-electron chi connectivity index (χ4n) is 2.74. The SMILES string of the molecule is CC(O)C(NC(=O)C(CC(N)=O)NC(=O)C(N)CS)C(=O)NC(Cc1ccccc1)C(=O)O. The van der Waals surface area contributed by atoms with E-state index in [4.69, 9.17) is 11.5 Å². The summed E-state index contributed by atoms with van der Waals surface area (Å²) in [5.41, 5.74) is 11.3. The predicted molar refractivity (Wildman–Crippen MR) is 121 cm³/mol. The number of hydrogen-bond acceptors (Lipinski definition) is 8. The van der Waals surface area contributed by atoms with Crippen LogP contribution >= 0.6 is 12.6 Å². The first-order chi connectivity index (χ1) is 15.5. The second kappa shape index (κ2) is 13.4. The van der Waals surface area contributed by atoms with Crippen molar-refractivity contribution in [3.8, 4) is 0 Å². The van der Waals surface area contributed by atoms with E-state index in [1.165, 1.54) is 6.92 Å². The highest BCUT2D eigenvalue weighted by atomic mass is 32.1. The van der Waals surface area contributed by atoms with E-state index in [0.29, 0.717) is 5.56 Å². The lowest BCUT2D eigenvalue weighted by Crippen LogP contribution is -2.60. The first kappa shape index (κ1) is 27.9. The van der Waals surface area contributed by atoms with Gasteiger partial charge in [0.2, 0.25) is 23.6 Å². The summed E-state index contributed by atoms with van der Waals surface area (Å²) in [5, 5.41) is 26.2. The lowest BCUT2D eigenvalue weighted by Gasteiger charge is -2.26. The number of carboxylic acids is 1. The number of nitrogens with one attached hydrogen (secondary N) is 3. The van der Waals surface area contributed by atoms with Gasteiger partial charge in [-0.25, -0.2) is 4.79 Å². The quantitative estimate of drug-likeness (QED) is 0.138. The van der Waals surface area contributed by atoms with Gasteiger partial charge in [-0.05, 0) is 12.5 Å². The van der Waals surface area contributed by atoms with Crippen LogP contribution in [-0.2, 0) is 30.4 Å². The third-order valence-electron chi connectivity index (χ3n) is 4.53. The Bertz CT molecular complexity index is 852. The number of nitrogens with two attached hydrogens (primary N) is 2. The third kappa shape index (κ3) is 9.47. The Morgan fingerprint density at radius 3 is 2.03 bits per heavy atom. The van der Waals surface area contributed by atoms with Crippen LogP contribution in [0.4, 0.5) is 0 Å². The summed E-state index contributed by atoms with van der Waals surface area (Å²) in [5.74, 6) is -5.02. The number of amides is 4. The molecule has 0 radical (unpaired) electrons. The van der Waals surface area contributed by atoms with Crippen LogP contribution in [0.2, 0.25) is 0 Å². The molecule has 0 bridgehead atoms. The van der Waals surface area contributed by atoms with Crippen LogP contribution in [0, 0.1) is 0 Å². The van der Waals surface area contributed by atoms with Crippen LogP contribution in [0.3, 0.4) is 0 Å². The van der Waals surface area contributed by atoms with Crippen LogP contribution in [0.1, 0.15) is 18.9 Å². The van der Waals surface area contributed by atoms with Crippen LogP contribution < -0.4 is 27.4 Å². The van der Waals surface area contributed by atoms with Crippen molar-refractivity contribution in [1.82, 2.24) is 16.0 Å². The standard InChI is InChI=1S/C20H29N5O7S/c1-10(26)16(19(30)24-14(20(31)32)7-11-5-3-2-4-6-11)25-18(29)13(8-15(22)27)23-17(28)12(21)9-33/h2-6,10,12-14,16,26,33H,7-9,21H2,1H3,(H2,22,27)(H,23,28)(H,24,30)(H,25,29)(H,31,32). The van der Waals surface area contributed by atoms with Gasteiger partial charge in [0.15, 0.2) is 0 Å². The minimum atomic E-state index is -1.58. The Kier molecular flexibility index (Phi) is 11.3. The zero-order chi connectivity index (χ0) is 25.1. The number of rotatable bonds is 13. The molecule has 0 aromatic heterocycles. The molecule has 0 fully saturated rings. The van der Waals surface area contributed by atoms with Crippen molar-refractivity contribution in [2.75, 3.05) is 5.75 Å². The molecule has 0 saturated heterocycles. The Balaban J connectivity index is 2.96. The minimum absolute atomic E-state index is 0.0343. The van der Waals surface area contributed by atoms with Crippen molar-refractivity contribution in [2.45, 2.75) is 50.0 Å². The van der Waals surface area contributed by atoms with Crippen molar-refractivity contribution in [3.05, 3.63) is 35.9 Å². The lowest BCUT2D eigenvalue weighted by molar-refractivity contribution is -0.143. The topological polar surface area (TPSA) is 214 Å². The minimum Gasteiger partial charge on any atom is -0.480 e. The number of aliphatic hydroxyl groups is 1. The second-order valence-corrected chi connectivity index (χ2v) is 7.70. The smallest absolute Gasteiger partial charge is 0.326 e. The van der Waals surface area contributed by atoms with Crippen LogP contribution in [0.15, 0.2) is 30.3 Å². The number of carboxylic acid groups (broad SMARTS) is 1. The molecule has 0 aliphatic carbocycles. The number of carbonyl (C=O) groups excluding carboxylic acids is 4. The van der Waals surface area contributed by atoms with Crippen LogP contribution in [0.5, 0.6) is 0 Å². The molecule has 5 unspecified atom stereocenters. The van der Waals surface area contributed by atoms with E-state index in [1.807, 2.05) is 0 Å².